The minimum absolute atomic E-state index is 0.237. The van der Waals surface area contributed by atoms with Crippen molar-refractivity contribution in [1.29, 1.82) is 0 Å². The number of carbonyl (C=O) groups excluding carboxylic acids is 1. The van der Waals surface area contributed by atoms with Gasteiger partial charge >= 0.3 is 0 Å². The molecule has 1 amide bonds. The van der Waals surface area contributed by atoms with Gasteiger partial charge in [0.25, 0.3) is 0 Å². The first-order chi connectivity index (χ1) is 5.27. The molecular weight excluding hydrogens is 140 g/mol. The lowest BCUT2D eigenvalue weighted by atomic mass is 10.0. The van der Waals surface area contributed by atoms with E-state index in [1.54, 1.807) is 6.92 Å². The highest BCUT2D eigenvalue weighted by Gasteiger charge is 2.35. The Balaban J connectivity index is 2.08. The van der Waals surface area contributed by atoms with Crippen molar-refractivity contribution in [2.24, 2.45) is 5.92 Å². The van der Waals surface area contributed by atoms with Crippen LogP contribution in [-0.2, 0) is 4.79 Å². The molecule has 0 aromatic carbocycles. The highest BCUT2D eigenvalue weighted by Crippen LogP contribution is 2.25. The highest BCUT2D eigenvalue weighted by atomic mass is 16.2. The van der Waals surface area contributed by atoms with Gasteiger partial charge in [0.15, 0.2) is 0 Å². The second-order valence-electron chi connectivity index (χ2n) is 3.59. The Morgan fingerprint density at radius 1 is 1.55 bits per heavy atom. The van der Waals surface area contributed by atoms with Gasteiger partial charge in [-0.25, -0.2) is 0 Å². The number of amides is 1. The second kappa shape index (κ2) is 2.48. The third kappa shape index (κ3) is 1.13. The van der Waals surface area contributed by atoms with Crippen LogP contribution in [0.15, 0.2) is 0 Å². The number of nitrogens with one attached hydrogen (secondary N) is 1. The molecule has 2 rings (SSSR count). The number of rotatable bonds is 0. The van der Waals surface area contributed by atoms with E-state index in [1.807, 2.05) is 4.90 Å². The van der Waals surface area contributed by atoms with Crippen LogP contribution in [0.5, 0.6) is 0 Å². The Bertz CT molecular complexity index is 181. The van der Waals surface area contributed by atoms with Gasteiger partial charge in [-0.3, -0.25) is 4.79 Å². The molecule has 2 heterocycles. The Morgan fingerprint density at radius 2 is 2.36 bits per heavy atom. The Morgan fingerprint density at radius 3 is 3.00 bits per heavy atom. The molecule has 0 aromatic heterocycles. The van der Waals surface area contributed by atoms with Gasteiger partial charge in [0.05, 0.1) is 0 Å². The molecule has 11 heavy (non-hydrogen) atoms. The highest BCUT2D eigenvalue weighted by molar-refractivity contribution is 5.74. The molecule has 62 valence electrons. The summed E-state index contributed by atoms with van der Waals surface area (Å²) in [4.78, 5) is 13.1. The first-order valence-electron chi connectivity index (χ1n) is 4.25. The van der Waals surface area contributed by atoms with Crippen LogP contribution in [0.3, 0.4) is 0 Å². The van der Waals surface area contributed by atoms with E-state index >= 15 is 0 Å². The number of nitrogens with zero attached hydrogens (tertiary/aromatic N) is 1. The van der Waals surface area contributed by atoms with Crippen molar-refractivity contribution >= 4 is 5.91 Å². The zero-order chi connectivity index (χ0) is 7.84. The van der Waals surface area contributed by atoms with Gasteiger partial charge in [0.1, 0.15) is 0 Å². The topological polar surface area (TPSA) is 32.3 Å². The Hall–Kier alpha value is -0.570. The van der Waals surface area contributed by atoms with Crippen LogP contribution in [-0.4, -0.2) is 36.5 Å². The van der Waals surface area contributed by atoms with E-state index in [0.29, 0.717) is 6.04 Å². The summed E-state index contributed by atoms with van der Waals surface area (Å²) in [5.74, 6) is 0.957. The number of hydrogen-bond acceptors (Lipinski definition) is 2. The van der Waals surface area contributed by atoms with Gasteiger partial charge in [-0.1, -0.05) is 0 Å². The van der Waals surface area contributed by atoms with Crippen LogP contribution >= 0.6 is 0 Å². The fraction of sp³-hybridized carbons (Fsp3) is 0.875. The molecule has 3 nitrogen and oxygen atoms in total. The summed E-state index contributed by atoms with van der Waals surface area (Å²) in [7, 11) is 0. The van der Waals surface area contributed by atoms with Gasteiger partial charge < -0.3 is 10.2 Å². The second-order valence-corrected chi connectivity index (χ2v) is 3.59. The minimum atomic E-state index is 0.237. The zero-order valence-electron chi connectivity index (χ0n) is 6.84. The van der Waals surface area contributed by atoms with E-state index in [4.69, 9.17) is 0 Å². The lowest BCUT2D eigenvalue weighted by Crippen LogP contribution is -2.40. The van der Waals surface area contributed by atoms with E-state index in [2.05, 4.69) is 5.32 Å². The fourth-order valence-corrected chi connectivity index (χ4v) is 2.19. The summed E-state index contributed by atoms with van der Waals surface area (Å²) >= 11 is 0. The molecule has 1 unspecified atom stereocenters. The maximum atomic E-state index is 11.1. The van der Waals surface area contributed by atoms with E-state index in [0.717, 1.165) is 25.6 Å². The lowest BCUT2D eigenvalue weighted by Gasteiger charge is -2.23. The van der Waals surface area contributed by atoms with Crippen LogP contribution in [0.1, 0.15) is 13.3 Å². The monoisotopic (exact) mass is 154 g/mol. The molecule has 0 aromatic rings. The van der Waals surface area contributed by atoms with E-state index in [1.165, 1.54) is 6.42 Å². The van der Waals surface area contributed by atoms with Crippen LogP contribution in [0.25, 0.3) is 0 Å². The fourth-order valence-electron chi connectivity index (χ4n) is 2.19. The van der Waals surface area contributed by atoms with Crippen molar-refractivity contribution in [1.82, 2.24) is 10.2 Å². The largest absolute Gasteiger partial charge is 0.338 e. The van der Waals surface area contributed by atoms with Gasteiger partial charge in [-0.05, 0) is 18.9 Å². The van der Waals surface area contributed by atoms with Crippen LogP contribution in [0, 0.1) is 5.92 Å². The van der Waals surface area contributed by atoms with E-state index < -0.39 is 0 Å². The smallest absolute Gasteiger partial charge is 0.219 e. The number of piperidine rings is 1. The Labute approximate surface area is 66.8 Å². The normalized spacial score (nSPS) is 35.9. The summed E-state index contributed by atoms with van der Waals surface area (Å²) in [5, 5.41) is 3.34. The first kappa shape index (κ1) is 7.10. The third-order valence-electron chi connectivity index (χ3n) is 2.72. The maximum absolute atomic E-state index is 11.1. The van der Waals surface area contributed by atoms with E-state index in [-0.39, 0.29) is 5.91 Å². The van der Waals surface area contributed by atoms with Crippen LogP contribution in [0.2, 0.25) is 0 Å². The van der Waals surface area contributed by atoms with Crippen molar-refractivity contribution in [2.75, 3.05) is 19.6 Å². The van der Waals surface area contributed by atoms with E-state index in [9.17, 15) is 4.79 Å². The molecule has 2 bridgehead atoms. The Kier molecular flexibility index (Phi) is 1.60. The number of likely N-dealkylation sites (tertiary alicyclic amines) is 1. The van der Waals surface area contributed by atoms with Gasteiger partial charge in [0.2, 0.25) is 5.91 Å². The predicted octanol–water partition coefficient (Wildman–Crippen LogP) is -0.173. The summed E-state index contributed by atoms with van der Waals surface area (Å²) in [5.41, 5.74) is 0. The summed E-state index contributed by atoms with van der Waals surface area (Å²) < 4.78 is 0. The lowest BCUT2D eigenvalue weighted by molar-refractivity contribution is -0.129. The third-order valence-corrected chi connectivity index (χ3v) is 2.72. The zero-order valence-corrected chi connectivity index (χ0v) is 6.84. The summed E-state index contributed by atoms with van der Waals surface area (Å²) in [6.45, 7) is 4.74. The number of fused-ring (bicyclic) bond motifs is 2. The SMILES string of the molecule is CC(=O)N1C[C@@H]2CNCC1C2. The predicted molar refractivity (Wildman–Crippen MR) is 42.2 cm³/mol. The standard InChI is InChI=1S/C8H14N2O/c1-6(11)10-5-7-2-8(10)4-9-3-7/h7-9H,2-5H2,1H3/t7-,8?/m0/s1. The minimum Gasteiger partial charge on any atom is -0.338 e. The van der Waals surface area contributed by atoms with Crippen LogP contribution < -0.4 is 5.32 Å². The molecule has 0 spiro atoms. The van der Waals surface area contributed by atoms with Crippen molar-refractivity contribution in [3.63, 3.8) is 0 Å². The van der Waals surface area contributed by atoms with Crippen molar-refractivity contribution in [3.8, 4) is 0 Å². The summed E-state index contributed by atoms with van der Waals surface area (Å²) in [6, 6.07) is 0.492. The molecule has 2 fully saturated rings. The molecule has 0 saturated carbocycles. The first-order valence-corrected chi connectivity index (χ1v) is 4.25. The molecule has 3 heteroatoms. The molecule has 2 aliphatic rings. The van der Waals surface area contributed by atoms with Gasteiger partial charge in [-0.15, -0.1) is 0 Å². The van der Waals surface area contributed by atoms with Crippen molar-refractivity contribution < 1.29 is 4.79 Å². The molecule has 2 atom stereocenters. The average Bonchev–Trinajstić information content (AvgIpc) is 2.27. The average molecular weight is 154 g/mol. The molecule has 0 radical (unpaired) electrons. The van der Waals surface area contributed by atoms with Crippen molar-refractivity contribution in [2.45, 2.75) is 19.4 Å². The number of carbonyl (C=O) groups is 1. The van der Waals surface area contributed by atoms with Gasteiger partial charge in [-0.2, -0.15) is 0 Å². The molecule has 0 aliphatic carbocycles. The quantitative estimate of drug-likeness (QED) is 0.525. The molecule has 2 aliphatic heterocycles. The van der Waals surface area contributed by atoms with Crippen molar-refractivity contribution in [3.05, 3.63) is 0 Å². The molecule has 2 saturated heterocycles. The maximum Gasteiger partial charge on any atom is 0.219 e. The number of hydrogen-bond donors (Lipinski definition) is 1. The van der Waals surface area contributed by atoms with Crippen LogP contribution in [0.4, 0.5) is 0 Å². The molecular formula is C8H14N2O. The summed E-state index contributed by atoms with van der Waals surface area (Å²) in [6.07, 6.45) is 1.21. The van der Waals surface area contributed by atoms with Gasteiger partial charge in [0, 0.05) is 26.1 Å². The molecule has 1 N–H and O–H groups in total.